The van der Waals surface area contributed by atoms with Gasteiger partial charge in [0.05, 0.1) is 16.6 Å². The highest BCUT2D eigenvalue weighted by atomic mass is 16.2. The lowest BCUT2D eigenvalue weighted by atomic mass is 9.96. The average molecular weight is 371 g/mol. The number of likely N-dealkylation sites (tertiary alicyclic amines) is 1. The van der Waals surface area contributed by atoms with Crippen molar-refractivity contribution in [3.05, 3.63) is 72.3 Å². The van der Waals surface area contributed by atoms with Gasteiger partial charge < -0.3 is 14.9 Å². The van der Waals surface area contributed by atoms with Crippen LogP contribution in [-0.2, 0) is 0 Å². The fraction of sp³-hybridized carbons (Fsp3) is 0.227. The molecule has 0 radical (unpaired) electrons. The van der Waals surface area contributed by atoms with Gasteiger partial charge in [0.2, 0.25) is 0 Å². The van der Waals surface area contributed by atoms with E-state index in [4.69, 9.17) is 4.98 Å². The van der Waals surface area contributed by atoms with Crippen LogP contribution in [0.5, 0.6) is 0 Å². The van der Waals surface area contributed by atoms with Crippen LogP contribution >= 0.6 is 0 Å². The van der Waals surface area contributed by atoms with Crippen molar-refractivity contribution in [3.63, 3.8) is 0 Å². The second kappa shape index (κ2) is 6.96. The Morgan fingerprint density at radius 2 is 1.96 bits per heavy atom. The maximum atomic E-state index is 13.3. The van der Waals surface area contributed by atoms with Gasteiger partial charge in [-0.3, -0.25) is 4.79 Å². The monoisotopic (exact) mass is 371 g/mol. The van der Waals surface area contributed by atoms with Crippen LogP contribution < -0.4 is 0 Å². The molecule has 1 saturated heterocycles. The Hall–Kier alpha value is -3.41. The molecule has 0 saturated carbocycles. The molecule has 2 aromatic heterocycles. The van der Waals surface area contributed by atoms with Crippen molar-refractivity contribution < 1.29 is 4.79 Å². The lowest BCUT2D eigenvalue weighted by Gasteiger charge is -2.32. The van der Waals surface area contributed by atoms with Crippen LogP contribution in [0.25, 0.3) is 22.4 Å². The fourth-order valence-corrected chi connectivity index (χ4v) is 4.01. The van der Waals surface area contributed by atoms with Crippen molar-refractivity contribution in [3.8, 4) is 11.4 Å². The number of fused-ring (bicyclic) bond motifs is 1. The highest BCUT2D eigenvalue weighted by Gasteiger charge is 2.28. The number of rotatable bonds is 3. The number of nitrogens with one attached hydrogen (secondary N) is 2. The van der Waals surface area contributed by atoms with E-state index in [-0.39, 0.29) is 11.8 Å². The van der Waals surface area contributed by atoms with Crippen LogP contribution in [0, 0.1) is 0 Å². The minimum Gasteiger partial charge on any atom is -0.345 e. The van der Waals surface area contributed by atoms with Gasteiger partial charge in [-0.2, -0.15) is 0 Å². The summed E-state index contributed by atoms with van der Waals surface area (Å²) < 4.78 is 0. The molecule has 0 spiro atoms. The summed E-state index contributed by atoms with van der Waals surface area (Å²) >= 11 is 0. The van der Waals surface area contributed by atoms with Crippen molar-refractivity contribution >= 4 is 16.9 Å². The Kier molecular flexibility index (Phi) is 4.16. The number of aromatic nitrogens is 4. The van der Waals surface area contributed by atoms with Gasteiger partial charge in [-0.1, -0.05) is 30.3 Å². The largest absolute Gasteiger partial charge is 0.345 e. The molecular formula is C22H21N5O. The van der Waals surface area contributed by atoms with Crippen LogP contribution in [0.1, 0.15) is 34.9 Å². The van der Waals surface area contributed by atoms with Gasteiger partial charge in [0.1, 0.15) is 11.6 Å². The zero-order chi connectivity index (χ0) is 18.9. The van der Waals surface area contributed by atoms with Crippen molar-refractivity contribution in [1.29, 1.82) is 0 Å². The predicted octanol–water partition coefficient (Wildman–Crippen LogP) is 3.97. The molecule has 2 N–H and O–H groups in total. The zero-order valence-corrected chi connectivity index (χ0v) is 15.4. The summed E-state index contributed by atoms with van der Waals surface area (Å²) in [5.74, 6) is 1.96. The summed E-state index contributed by atoms with van der Waals surface area (Å²) in [7, 11) is 0. The number of piperidine rings is 1. The van der Waals surface area contributed by atoms with Gasteiger partial charge in [-0.25, -0.2) is 9.97 Å². The van der Waals surface area contributed by atoms with E-state index in [1.54, 1.807) is 12.4 Å². The van der Waals surface area contributed by atoms with Gasteiger partial charge in [-0.05, 0) is 31.0 Å². The van der Waals surface area contributed by atoms with Crippen LogP contribution in [0.4, 0.5) is 0 Å². The molecule has 1 amide bonds. The quantitative estimate of drug-likeness (QED) is 0.572. The van der Waals surface area contributed by atoms with Crippen LogP contribution in [0.3, 0.4) is 0 Å². The van der Waals surface area contributed by atoms with Gasteiger partial charge in [0.25, 0.3) is 5.91 Å². The summed E-state index contributed by atoms with van der Waals surface area (Å²) in [6.07, 6.45) is 5.48. The van der Waals surface area contributed by atoms with Crippen molar-refractivity contribution in [1.82, 2.24) is 24.8 Å². The van der Waals surface area contributed by atoms with E-state index in [0.29, 0.717) is 12.1 Å². The predicted molar refractivity (Wildman–Crippen MR) is 108 cm³/mol. The lowest BCUT2D eigenvalue weighted by Crippen LogP contribution is -2.39. The molecule has 1 unspecified atom stereocenters. The van der Waals surface area contributed by atoms with E-state index in [9.17, 15) is 4.79 Å². The third-order valence-corrected chi connectivity index (χ3v) is 5.41. The number of hydrogen-bond donors (Lipinski definition) is 2. The minimum atomic E-state index is 0.0489. The molecular weight excluding hydrogens is 350 g/mol. The van der Waals surface area contributed by atoms with Crippen LogP contribution in [0.15, 0.2) is 60.9 Å². The van der Waals surface area contributed by atoms with Crippen LogP contribution in [0.2, 0.25) is 0 Å². The third kappa shape index (κ3) is 2.97. The number of nitrogens with zero attached hydrogens (tertiary/aromatic N) is 3. The number of carbonyl (C=O) groups is 1. The molecule has 1 fully saturated rings. The average Bonchev–Trinajstić information content (AvgIpc) is 3.43. The van der Waals surface area contributed by atoms with Crippen molar-refractivity contribution in [2.45, 2.75) is 18.8 Å². The van der Waals surface area contributed by atoms with E-state index in [2.05, 4.69) is 15.0 Å². The summed E-state index contributed by atoms with van der Waals surface area (Å²) in [6, 6.07) is 15.7. The third-order valence-electron chi connectivity index (χ3n) is 5.41. The zero-order valence-electron chi connectivity index (χ0n) is 15.4. The van der Waals surface area contributed by atoms with E-state index in [1.165, 1.54) is 0 Å². The normalized spacial score (nSPS) is 17.1. The summed E-state index contributed by atoms with van der Waals surface area (Å²) in [5.41, 5.74) is 3.54. The Morgan fingerprint density at radius 1 is 1.11 bits per heavy atom. The molecule has 4 aromatic rings. The SMILES string of the molecule is O=C(c1ccccc1-c1ncc[nH]1)N1CCCC(c2nc3ccccc3[nH]2)C1. The van der Waals surface area contributed by atoms with E-state index in [0.717, 1.165) is 47.6 Å². The first-order valence-electron chi connectivity index (χ1n) is 9.62. The fourth-order valence-electron chi connectivity index (χ4n) is 4.01. The molecule has 1 atom stereocenters. The highest BCUT2D eigenvalue weighted by molar-refractivity contribution is 6.00. The minimum absolute atomic E-state index is 0.0489. The highest BCUT2D eigenvalue weighted by Crippen LogP contribution is 2.29. The molecule has 3 heterocycles. The number of aromatic amines is 2. The molecule has 2 aromatic carbocycles. The molecule has 6 nitrogen and oxygen atoms in total. The Labute approximate surface area is 162 Å². The second-order valence-electron chi connectivity index (χ2n) is 7.21. The number of amides is 1. The van der Waals surface area contributed by atoms with Crippen molar-refractivity contribution in [2.24, 2.45) is 0 Å². The second-order valence-corrected chi connectivity index (χ2v) is 7.21. The topological polar surface area (TPSA) is 77.7 Å². The molecule has 0 aliphatic carbocycles. The van der Waals surface area contributed by atoms with Gasteiger partial charge >= 0.3 is 0 Å². The van der Waals surface area contributed by atoms with E-state index < -0.39 is 0 Å². The Bertz CT molecular complexity index is 1080. The summed E-state index contributed by atoms with van der Waals surface area (Å²) in [4.78, 5) is 30.9. The van der Waals surface area contributed by atoms with E-state index in [1.807, 2.05) is 53.4 Å². The lowest BCUT2D eigenvalue weighted by molar-refractivity contribution is 0.0705. The maximum absolute atomic E-state index is 13.3. The Morgan fingerprint density at radius 3 is 2.82 bits per heavy atom. The molecule has 1 aliphatic rings. The first-order chi connectivity index (χ1) is 13.8. The number of imidazole rings is 2. The molecule has 6 heteroatoms. The van der Waals surface area contributed by atoms with Crippen molar-refractivity contribution in [2.75, 3.05) is 13.1 Å². The van der Waals surface area contributed by atoms with Gasteiger partial charge in [0, 0.05) is 37.0 Å². The number of H-pyrrole nitrogens is 2. The van der Waals surface area contributed by atoms with Crippen LogP contribution in [-0.4, -0.2) is 43.8 Å². The Balaban J connectivity index is 1.42. The van der Waals surface area contributed by atoms with Gasteiger partial charge in [0.15, 0.2) is 0 Å². The first kappa shape index (κ1) is 16.7. The van der Waals surface area contributed by atoms with Gasteiger partial charge in [-0.15, -0.1) is 0 Å². The smallest absolute Gasteiger partial charge is 0.254 e. The number of para-hydroxylation sites is 2. The summed E-state index contributed by atoms with van der Waals surface area (Å²) in [5, 5.41) is 0. The molecule has 0 bridgehead atoms. The van der Waals surface area contributed by atoms with E-state index >= 15 is 0 Å². The first-order valence-corrected chi connectivity index (χ1v) is 9.62. The standard InChI is InChI=1S/C22H21N5O/c28-22(17-8-2-1-7-16(17)21-23-11-12-24-21)27-13-5-6-15(14-27)20-25-18-9-3-4-10-19(18)26-20/h1-4,7-12,15H,5-6,13-14H2,(H,23,24)(H,25,26). The number of carbonyl (C=O) groups excluding carboxylic acids is 1. The maximum Gasteiger partial charge on any atom is 0.254 e. The molecule has 28 heavy (non-hydrogen) atoms. The molecule has 5 rings (SSSR count). The molecule has 1 aliphatic heterocycles. The summed E-state index contributed by atoms with van der Waals surface area (Å²) in [6.45, 7) is 1.44. The molecule has 140 valence electrons. The number of benzene rings is 2. The number of hydrogen-bond acceptors (Lipinski definition) is 3.